The fraction of sp³-hybridized carbons (Fsp3) is 0.211. The Morgan fingerprint density at radius 3 is 2.71 bits per heavy atom. The maximum Gasteiger partial charge on any atom is 0.260 e. The van der Waals surface area contributed by atoms with Gasteiger partial charge in [-0.25, -0.2) is 4.39 Å². The third kappa shape index (κ3) is 3.53. The smallest absolute Gasteiger partial charge is 0.260 e. The Balaban J connectivity index is 1.55. The third-order valence-electron chi connectivity index (χ3n) is 4.21. The van der Waals surface area contributed by atoms with Crippen LogP contribution in [0.25, 0.3) is 22.8 Å². The number of thioether (sulfide) groups is 1. The second kappa shape index (κ2) is 7.51. The van der Waals surface area contributed by atoms with Crippen LogP contribution >= 0.6 is 11.8 Å². The minimum Gasteiger partial charge on any atom is -0.334 e. The molecule has 4 rings (SSSR count). The molecule has 9 heteroatoms. The standard InChI is InChI=1S/C19H17FN6OS/c1-11-4-5-15(20)14(10-11)18-22-16(25-27-18)12(2)28-19-24-23-17(26(19)3)13-6-8-21-9-7-13/h4-10,12H,1-3H3. The van der Waals surface area contributed by atoms with Crippen LogP contribution in [-0.4, -0.2) is 29.9 Å². The highest BCUT2D eigenvalue weighted by atomic mass is 32.2. The van der Waals surface area contributed by atoms with Gasteiger partial charge in [-0.1, -0.05) is 28.5 Å². The first-order valence-electron chi connectivity index (χ1n) is 8.59. The molecule has 0 radical (unpaired) electrons. The number of aromatic nitrogens is 6. The van der Waals surface area contributed by atoms with Crippen LogP contribution in [0.3, 0.4) is 0 Å². The zero-order valence-corrected chi connectivity index (χ0v) is 16.3. The Labute approximate surface area is 165 Å². The molecular weight excluding hydrogens is 379 g/mol. The predicted molar refractivity (Wildman–Crippen MR) is 103 cm³/mol. The van der Waals surface area contributed by atoms with E-state index in [2.05, 4.69) is 25.3 Å². The Morgan fingerprint density at radius 1 is 1.14 bits per heavy atom. The molecule has 1 aromatic carbocycles. The van der Waals surface area contributed by atoms with Gasteiger partial charge in [0.25, 0.3) is 5.89 Å². The lowest BCUT2D eigenvalue weighted by atomic mass is 10.1. The van der Waals surface area contributed by atoms with Gasteiger partial charge in [-0.2, -0.15) is 4.98 Å². The summed E-state index contributed by atoms with van der Waals surface area (Å²) in [6, 6.07) is 8.54. The van der Waals surface area contributed by atoms with E-state index in [1.165, 1.54) is 17.8 Å². The van der Waals surface area contributed by atoms with Crippen LogP contribution in [0.1, 0.15) is 23.6 Å². The lowest BCUT2D eigenvalue weighted by Gasteiger charge is -2.06. The zero-order chi connectivity index (χ0) is 19.7. The summed E-state index contributed by atoms with van der Waals surface area (Å²) in [6.07, 6.45) is 3.43. The van der Waals surface area contributed by atoms with E-state index < -0.39 is 5.82 Å². The van der Waals surface area contributed by atoms with Crippen molar-refractivity contribution >= 4 is 11.8 Å². The van der Waals surface area contributed by atoms with E-state index in [1.54, 1.807) is 24.5 Å². The molecule has 0 aliphatic heterocycles. The van der Waals surface area contributed by atoms with E-state index in [0.29, 0.717) is 16.5 Å². The molecule has 0 saturated heterocycles. The second-order valence-electron chi connectivity index (χ2n) is 6.30. The highest BCUT2D eigenvalue weighted by Gasteiger charge is 2.21. The van der Waals surface area contributed by atoms with Crippen molar-refractivity contribution in [3.8, 4) is 22.8 Å². The summed E-state index contributed by atoms with van der Waals surface area (Å²) in [6.45, 7) is 3.82. The number of hydrogen-bond donors (Lipinski definition) is 0. The van der Waals surface area contributed by atoms with E-state index in [4.69, 9.17) is 4.52 Å². The number of rotatable bonds is 5. The molecule has 0 aliphatic rings. The highest BCUT2D eigenvalue weighted by Crippen LogP contribution is 2.34. The van der Waals surface area contributed by atoms with Crippen molar-refractivity contribution in [2.45, 2.75) is 24.3 Å². The zero-order valence-electron chi connectivity index (χ0n) is 15.5. The van der Waals surface area contributed by atoms with Gasteiger partial charge in [0.05, 0.1) is 10.8 Å². The van der Waals surface area contributed by atoms with Crippen LogP contribution in [-0.2, 0) is 7.05 Å². The van der Waals surface area contributed by atoms with Crippen molar-refractivity contribution in [1.29, 1.82) is 0 Å². The molecule has 142 valence electrons. The lowest BCUT2D eigenvalue weighted by molar-refractivity contribution is 0.420. The van der Waals surface area contributed by atoms with E-state index in [9.17, 15) is 4.39 Å². The Kier molecular flexibility index (Phi) is 4.91. The predicted octanol–water partition coefficient (Wildman–Crippen LogP) is 4.23. The number of benzene rings is 1. The van der Waals surface area contributed by atoms with Crippen molar-refractivity contribution < 1.29 is 8.91 Å². The van der Waals surface area contributed by atoms with E-state index in [1.807, 2.05) is 37.6 Å². The molecule has 0 bridgehead atoms. The summed E-state index contributed by atoms with van der Waals surface area (Å²) in [5.74, 6) is 0.984. The number of nitrogens with zero attached hydrogens (tertiary/aromatic N) is 6. The van der Waals surface area contributed by atoms with Gasteiger partial charge in [-0.3, -0.25) is 4.98 Å². The van der Waals surface area contributed by atoms with Crippen LogP contribution < -0.4 is 0 Å². The molecule has 3 aromatic heterocycles. The second-order valence-corrected chi connectivity index (χ2v) is 7.61. The molecule has 0 saturated carbocycles. The van der Waals surface area contributed by atoms with Crippen LogP contribution in [0.4, 0.5) is 4.39 Å². The number of hydrogen-bond acceptors (Lipinski definition) is 7. The molecule has 0 aliphatic carbocycles. The minimum atomic E-state index is -0.392. The van der Waals surface area contributed by atoms with Gasteiger partial charge in [0.15, 0.2) is 16.8 Å². The van der Waals surface area contributed by atoms with E-state index >= 15 is 0 Å². The SMILES string of the molecule is Cc1ccc(F)c(-c2nc(C(C)Sc3nnc(-c4ccncc4)n3C)no2)c1. The van der Waals surface area contributed by atoms with Crippen LogP contribution in [0.5, 0.6) is 0 Å². The molecule has 3 heterocycles. The fourth-order valence-electron chi connectivity index (χ4n) is 2.69. The average molecular weight is 396 g/mol. The summed E-state index contributed by atoms with van der Waals surface area (Å²) < 4.78 is 21.3. The Hall–Kier alpha value is -3.07. The summed E-state index contributed by atoms with van der Waals surface area (Å²) >= 11 is 1.45. The van der Waals surface area contributed by atoms with Gasteiger partial charge in [0, 0.05) is 25.0 Å². The molecule has 1 atom stereocenters. The number of aryl methyl sites for hydroxylation is 1. The summed E-state index contributed by atoms with van der Waals surface area (Å²) in [7, 11) is 1.90. The Bertz CT molecular complexity index is 1110. The normalized spacial score (nSPS) is 12.3. The lowest BCUT2D eigenvalue weighted by Crippen LogP contribution is -1.98. The fourth-order valence-corrected chi connectivity index (χ4v) is 3.54. The maximum absolute atomic E-state index is 14.1. The quantitative estimate of drug-likeness (QED) is 0.467. The maximum atomic E-state index is 14.1. The highest BCUT2D eigenvalue weighted by molar-refractivity contribution is 7.99. The third-order valence-corrected chi connectivity index (χ3v) is 5.34. The van der Waals surface area contributed by atoms with Crippen molar-refractivity contribution in [3.63, 3.8) is 0 Å². The first-order chi connectivity index (χ1) is 13.5. The van der Waals surface area contributed by atoms with Crippen molar-refractivity contribution in [1.82, 2.24) is 29.9 Å². The molecule has 0 spiro atoms. The summed E-state index contributed by atoms with van der Waals surface area (Å²) in [4.78, 5) is 8.39. The van der Waals surface area contributed by atoms with Crippen LogP contribution in [0.2, 0.25) is 0 Å². The van der Waals surface area contributed by atoms with Gasteiger partial charge >= 0.3 is 0 Å². The van der Waals surface area contributed by atoms with Gasteiger partial charge in [0.2, 0.25) is 0 Å². The molecule has 0 N–H and O–H groups in total. The van der Waals surface area contributed by atoms with E-state index in [-0.39, 0.29) is 11.1 Å². The molecule has 4 aromatic rings. The van der Waals surface area contributed by atoms with Gasteiger partial charge in [-0.15, -0.1) is 10.2 Å². The summed E-state index contributed by atoms with van der Waals surface area (Å²) in [5, 5.41) is 13.1. The Morgan fingerprint density at radius 2 is 1.93 bits per heavy atom. The number of pyridine rings is 1. The van der Waals surface area contributed by atoms with Crippen LogP contribution in [0.15, 0.2) is 52.4 Å². The van der Waals surface area contributed by atoms with Crippen molar-refractivity contribution in [2.24, 2.45) is 7.05 Å². The minimum absolute atomic E-state index is 0.154. The monoisotopic (exact) mass is 396 g/mol. The number of halogens is 1. The molecule has 28 heavy (non-hydrogen) atoms. The first-order valence-corrected chi connectivity index (χ1v) is 9.47. The van der Waals surface area contributed by atoms with Gasteiger partial charge in [-0.05, 0) is 38.1 Å². The molecule has 0 fully saturated rings. The average Bonchev–Trinajstić information content (AvgIpc) is 3.32. The van der Waals surface area contributed by atoms with Crippen molar-refractivity contribution in [3.05, 3.63) is 59.9 Å². The molecular formula is C19H17FN6OS. The van der Waals surface area contributed by atoms with Gasteiger partial charge in [0.1, 0.15) is 5.82 Å². The molecule has 7 nitrogen and oxygen atoms in total. The largest absolute Gasteiger partial charge is 0.334 e. The molecule has 1 unspecified atom stereocenters. The molecule has 0 amide bonds. The summed E-state index contributed by atoms with van der Waals surface area (Å²) in [5.41, 5.74) is 2.15. The topological polar surface area (TPSA) is 82.5 Å². The van der Waals surface area contributed by atoms with Crippen molar-refractivity contribution in [2.75, 3.05) is 0 Å². The first kappa shape index (κ1) is 18.3. The van der Waals surface area contributed by atoms with Gasteiger partial charge < -0.3 is 9.09 Å². The van der Waals surface area contributed by atoms with Crippen LogP contribution in [0, 0.1) is 12.7 Å². The van der Waals surface area contributed by atoms with E-state index in [0.717, 1.165) is 17.0 Å².